The van der Waals surface area contributed by atoms with Crippen LogP contribution in [0.3, 0.4) is 0 Å². The number of carbonyl (C=O) groups is 1. The summed E-state index contributed by atoms with van der Waals surface area (Å²) in [6.45, 7) is 2.12. The molecule has 2 aromatic rings. The first-order valence-electron chi connectivity index (χ1n) is 6.58. The van der Waals surface area contributed by atoms with Crippen molar-refractivity contribution < 1.29 is 9.90 Å². The van der Waals surface area contributed by atoms with Gasteiger partial charge in [0.1, 0.15) is 6.10 Å². The molecule has 1 N–H and O–H groups in total. The van der Waals surface area contributed by atoms with Crippen molar-refractivity contribution in [1.29, 1.82) is 0 Å². The first-order valence-corrected chi connectivity index (χ1v) is 6.58. The molecular formula is C17H18O2. The highest BCUT2D eigenvalue weighted by Crippen LogP contribution is 2.18. The number of aryl methyl sites for hydroxylation is 1. The molecule has 0 aliphatic rings. The van der Waals surface area contributed by atoms with Crippen molar-refractivity contribution in [1.82, 2.24) is 0 Å². The van der Waals surface area contributed by atoms with Crippen LogP contribution in [0.5, 0.6) is 0 Å². The number of ketones is 1. The number of carbonyl (C=O) groups excluding carboxylic acids is 1. The van der Waals surface area contributed by atoms with Crippen molar-refractivity contribution in [2.45, 2.75) is 25.9 Å². The van der Waals surface area contributed by atoms with Gasteiger partial charge in [-0.1, -0.05) is 67.9 Å². The normalized spacial score (nSPS) is 12.1. The van der Waals surface area contributed by atoms with Gasteiger partial charge in [0.15, 0.2) is 5.78 Å². The van der Waals surface area contributed by atoms with Crippen molar-refractivity contribution in [3.63, 3.8) is 0 Å². The van der Waals surface area contributed by atoms with Gasteiger partial charge in [-0.15, -0.1) is 0 Å². The van der Waals surface area contributed by atoms with Gasteiger partial charge in [0.2, 0.25) is 0 Å². The van der Waals surface area contributed by atoms with Crippen LogP contribution in [-0.2, 0) is 6.42 Å². The molecule has 19 heavy (non-hydrogen) atoms. The standard InChI is InChI=1S/C17H18O2/c1-2-6-13-9-11-15(12-10-13)17(19)16(18)14-7-4-3-5-8-14/h3-5,7-12,16,18H,2,6H2,1H3. The summed E-state index contributed by atoms with van der Waals surface area (Å²) in [5.41, 5.74) is 2.40. The van der Waals surface area contributed by atoms with Gasteiger partial charge in [0, 0.05) is 5.56 Å². The fourth-order valence-corrected chi connectivity index (χ4v) is 2.07. The summed E-state index contributed by atoms with van der Waals surface area (Å²) in [5.74, 6) is -0.255. The molecular weight excluding hydrogens is 236 g/mol. The molecule has 2 nitrogen and oxygen atoms in total. The van der Waals surface area contributed by atoms with Crippen molar-refractivity contribution in [3.8, 4) is 0 Å². The van der Waals surface area contributed by atoms with E-state index in [4.69, 9.17) is 0 Å². The van der Waals surface area contributed by atoms with Crippen LogP contribution in [0, 0.1) is 0 Å². The molecule has 0 spiro atoms. The van der Waals surface area contributed by atoms with E-state index in [0.29, 0.717) is 11.1 Å². The third kappa shape index (κ3) is 3.30. The van der Waals surface area contributed by atoms with E-state index in [2.05, 4.69) is 6.92 Å². The maximum Gasteiger partial charge on any atom is 0.195 e. The van der Waals surface area contributed by atoms with Gasteiger partial charge in [0.05, 0.1) is 0 Å². The van der Waals surface area contributed by atoms with Crippen LogP contribution in [0.4, 0.5) is 0 Å². The van der Waals surface area contributed by atoms with E-state index < -0.39 is 6.10 Å². The number of Topliss-reactive ketones (excluding diaryl/α,β-unsaturated/α-hetero) is 1. The fraction of sp³-hybridized carbons (Fsp3) is 0.235. The molecule has 0 aliphatic heterocycles. The van der Waals surface area contributed by atoms with Gasteiger partial charge in [0.25, 0.3) is 0 Å². The van der Waals surface area contributed by atoms with Crippen LogP contribution in [0.2, 0.25) is 0 Å². The topological polar surface area (TPSA) is 37.3 Å². The molecule has 1 atom stereocenters. The summed E-state index contributed by atoms with van der Waals surface area (Å²) in [5, 5.41) is 10.1. The third-order valence-corrected chi connectivity index (χ3v) is 3.14. The molecule has 0 heterocycles. The van der Waals surface area contributed by atoms with Crippen LogP contribution in [-0.4, -0.2) is 10.9 Å². The van der Waals surface area contributed by atoms with Crippen LogP contribution >= 0.6 is 0 Å². The highest BCUT2D eigenvalue weighted by Gasteiger charge is 2.18. The second kappa shape index (κ2) is 6.30. The fourth-order valence-electron chi connectivity index (χ4n) is 2.07. The van der Waals surface area contributed by atoms with Crippen molar-refractivity contribution >= 4 is 5.78 Å². The lowest BCUT2D eigenvalue weighted by Crippen LogP contribution is -2.12. The molecule has 0 radical (unpaired) electrons. The van der Waals surface area contributed by atoms with E-state index in [1.807, 2.05) is 30.3 Å². The van der Waals surface area contributed by atoms with Crippen LogP contribution in [0.1, 0.15) is 40.9 Å². The summed E-state index contributed by atoms with van der Waals surface area (Å²) in [7, 11) is 0. The van der Waals surface area contributed by atoms with E-state index in [-0.39, 0.29) is 5.78 Å². The second-order valence-corrected chi connectivity index (χ2v) is 4.62. The lowest BCUT2D eigenvalue weighted by atomic mass is 9.98. The number of benzene rings is 2. The van der Waals surface area contributed by atoms with Gasteiger partial charge in [-0.2, -0.15) is 0 Å². The second-order valence-electron chi connectivity index (χ2n) is 4.62. The zero-order valence-electron chi connectivity index (χ0n) is 11.0. The Labute approximate surface area is 113 Å². The molecule has 0 aromatic heterocycles. The van der Waals surface area contributed by atoms with E-state index in [0.717, 1.165) is 12.8 Å². The quantitative estimate of drug-likeness (QED) is 0.828. The Balaban J connectivity index is 2.15. The van der Waals surface area contributed by atoms with Crippen molar-refractivity contribution in [2.24, 2.45) is 0 Å². The van der Waals surface area contributed by atoms with Gasteiger partial charge in [-0.3, -0.25) is 4.79 Å². The number of aliphatic hydroxyl groups excluding tert-OH is 1. The summed E-state index contributed by atoms with van der Waals surface area (Å²) < 4.78 is 0. The number of aliphatic hydroxyl groups is 1. The van der Waals surface area contributed by atoms with Gasteiger partial charge >= 0.3 is 0 Å². The minimum atomic E-state index is -1.08. The smallest absolute Gasteiger partial charge is 0.195 e. The van der Waals surface area contributed by atoms with E-state index in [1.54, 1.807) is 24.3 Å². The molecule has 0 fully saturated rings. The van der Waals surface area contributed by atoms with E-state index in [1.165, 1.54) is 5.56 Å². The van der Waals surface area contributed by atoms with Gasteiger partial charge in [-0.25, -0.2) is 0 Å². The van der Waals surface area contributed by atoms with E-state index in [9.17, 15) is 9.90 Å². The predicted octanol–water partition coefficient (Wildman–Crippen LogP) is 3.56. The maximum atomic E-state index is 12.2. The minimum Gasteiger partial charge on any atom is -0.380 e. The molecule has 2 heteroatoms. The Hall–Kier alpha value is -1.93. The molecule has 98 valence electrons. The summed E-state index contributed by atoms with van der Waals surface area (Å²) in [6, 6.07) is 16.5. The molecule has 2 aromatic carbocycles. The van der Waals surface area contributed by atoms with Crippen molar-refractivity contribution in [3.05, 3.63) is 71.3 Å². The molecule has 0 amide bonds. The Kier molecular flexibility index (Phi) is 4.48. The molecule has 0 saturated carbocycles. The van der Waals surface area contributed by atoms with Gasteiger partial charge < -0.3 is 5.11 Å². The Morgan fingerprint density at radius 3 is 2.26 bits per heavy atom. The SMILES string of the molecule is CCCc1ccc(C(=O)C(O)c2ccccc2)cc1. The predicted molar refractivity (Wildman–Crippen MR) is 76.2 cm³/mol. The lowest BCUT2D eigenvalue weighted by molar-refractivity contribution is 0.0747. The largest absolute Gasteiger partial charge is 0.380 e. The Morgan fingerprint density at radius 1 is 1.05 bits per heavy atom. The average Bonchev–Trinajstić information content (AvgIpc) is 2.48. The first kappa shape index (κ1) is 13.5. The zero-order valence-corrected chi connectivity index (χ0v) is 11.0. The summed E-state index contributed by atoms with van der Waals surface area (Å²) in [4.78, 5) is 12.2. The molecule has 0 aliphatic carbocycles. The highest BCUT2D eigenvalue weighted by molar-refractivity contribution is 5.99. The molecule has 0 bridgehead atoms. The molecule has 1 unspecified atom stereocenters. The lowest BCUT2D eigenvalue weighted by Gasteiger charge is -2.10. The van der Waals surface area contributed by atoms with Crippen LogP contribution in [0.25, 0.3) is 0 Å². The Bertz CT molecular complexity index is 529. The Morgan fingerprint density at radius 2 is 1.68 bits per heavy atom. The first-order chi connectivity index (χ1) is 9.22. The van der Waals surface area contributed by atoms with Crippen molar-refractivity contribution in [2.75, 3.05) is 0 Å². The monoisotopic (exact) mass is 254 g/mol. The van der Waals surface area contributed by atoms with Crippen LogP contribution in [0.15, 0.2) is 54.6 Å². The third-order valence-electron chi connectivity index (χ3n) is 3.14. The van der Waals surface area contributed by atoms with Crippen LogP contribution < -0.4 is 0 Å². The summed E-state index contributed by atoms with van der Waals surface area (Å²) in [6.07, 6.45) is 1.01. The number of hydrogen-bond acceptors (Lipinski definition) is 2. The minimum absolute atomic E-state index is 0.255. The molecule has 2 rings (SSSR count). The number of hydrogen-bond donors (Lipinski definition) is 1. The number of rotatable bonds is 5. The molecule has 0 saturated heterocycles. The highest BCUT2D eigenvalue weighted by atomic mass is 16.3. The zero-order chi connectivity index (χ0) is 13.7. The van der Waals surface area contributed by atoms with E-state index >= 15 is 0 Å². The average molecular weight is 254 g/mol. The van der Waals surface area contributed by atoms with Gasteiger partial charge in [-0.05, 0) is 17.5 Å². The maximum absolute atomic E-state index is 12.2. The summed E-state index contributed by atoms with van der Waals surface area (Å²) >= 11 is 0.